The topological polar surface area (TPSA) is 51.8 Å². The maximum Gasteiger partial charge on any atom is 0.164 e. The van der Waals surface area contributed by atoms with Crippen molar-refractivity contribution in [3.05, 3.63) is 200 Å². The zero-order valence-corrected chi connectivity index (χ0v) is 30.8. The monoisotopic (exact) mass is 727 g/mol. The van der Waals surface area contributed by atoms with E-state index in [0.717, 1.165) is 88.0 Å². The average molecular weight is 728 g/mol. The molecule has 2 heterocycles. The maximum atomic E-state index is 6.69. The smallest absolute Gasteiger partial charge is 0.164 e. The molecule has 0 aliphatic carbocycles. The molecule has 57 heavy (non-hydrogen) atoms. The van der Waals surface area contributed by atoms with Crippen molar-refractivity contribution in [1.82, 2.24) is 15.0 Å². The van der Waals surface area contributed by atoms with Crippen LogP contribution in [0.2, 0.25) is 0 Å². The van der Waals surface area contributed by atoms with Gasteiger partial charge in [-0.15, -0.1) is 0 Å². The van der Waals surface area contributed by atoms with Crippen LogP contribution in [0, 0.1) is 0 Å². The van der Waals surface area contributed by atoms with Gasteiger partial charge in [0, 0.05) is 32.8 Å². The highest BCUT2D eigenvalue weighted by atomic mass is 16.3. The van der Waals surface area contributed by atoms with Crippen molar-refractivity contribution >= 4 is 43.5 Å². The van der Waals surface area contributed by atoms with Crippen LogP contribution in [0.15, 0.2) is 205 Å². The first kappa shape index (κ1) is 32.7. The number of furan rings is 1. The zero-order chi connectivity index (χ0) is 37.7. The molecule has 0 aliphatic heterocycles. The standard InChI is InChI=1S/C53H33N3O/c1-4-15-34(16-5-1)37-21-14-22-39(31-37)52-54-51(36-19-8-3-9-20-36)55-53(56-52)46-30-29-43(40-23-10-11-24-41(40)46)47-33-48-44-28-27-38(35-17-6-2-7-18-35)32-49(44)57-50(48)45-26-13-12-25-42(45)47/h1-33H. The van der Waals surface area contributed by atoms with E-state index >= 15 is 0 Å². The Morgan fingerprint density at radius 2 is 0.754 bits per heavy atom. The van der Waals surface area contributed by atoms with Gasteiger partial charge in [-0.05, 0) is 79.9 Å². The Hall–Kier alpha value is -7.69. The van der Waals surface area contributed by atoms with E-state index in [2.05, 4.69) is 158 Å². The number of fused-ring (bicyclic) bond motifs is 6. The summed E-state index contributed by atoms with van der Waals surface area (Å²) in [7, 11) is 0. The molecule has 2 aromatic heterocycles. The molecule has 11 aromatic rings. The first-order chi connectivity index (χ1) is 28.2. The van der Waals surface area contributed by atoms with Crippen LogP contribution in [0.25, 0.3) is 111 Å². The van der Waals surface area contributed by atoms with E-state index in [0.29, 0.717) is 17.5 Å². The second-order valence-electron chi connectivity index (χ2n) is 14.4. The molecule has 0 amide bonds. The van der Waals surface area contributed by atoms with Crippen molar-refractivity contribution in [3.8, 4) is 67.5 Å². The van der Waals surface area contributed by atoms with E-state index in [4.69, 9.17) is 19.4 Å². The zero-order valence-electron chi connectivity index (χ0n) is 30.8. The Balaban J connectivity index is 1.10. The summed E-state index contributed by atoms with van der Waals surface area (Å²) in [6.45, 7) is 0. The van der Waals surface area contributed by atoms with Crippen molar-refractivity contribution < 1.29 is 4.42 Å². The normalized spacial score (nSPS) is 11.5. The van der Waals surface area contributed by atoms with Gasteiger partial charge >= 0.3 is 0 Å². The Morgan fingerprint density at radius 3 is 1.44 bits per heavy atom. The van der Waals surface area contributed by atoms with Gasteiger partial charge < -0.3 is 4.42 Å². The average Bonchev–Trinajstić information content (AvgIpc) is 3.67. The minimum Gasteiger partial charge on any atom is -0.455 e. The molecule has 0 spiro atoms. The summed E-state index contributed by atoms with van der Waals surface area (Å²) >= 11 is 0. The molecule has 0 saturated heterocycles. The molecule has 0 N–H and O–H groups in total. The largest absolute Gasteiger partial charge is 0.455 e. The molecular formula is C53H33N3O. The molecule has 0 bridgehead atoms. The summed E-state index contributed by atoms with van der Waals surface area (Å²) in [5, 5.41) is 6.60. The molecule has 0 radical (unpaired) electrons. The van der Waals surface area contributed by atoms with Gasteiger partial charge in [0.25, 0.3) is 0 Å². The third-order valence-electron chi connectivity index (χ3n) is 10.9. The number of nitrogens with zero attached hydrogens (tertiary/aromatic N) is 3. The van der Waals surface area contributed by atoms with Gasteiger partial charge in [-0.2, -0.15) is 0 Å². The maximum absolute atomic E-state index is 6.69. The van der Waals surface area contributed by atoms with Crippen LogP contribution in [0.1, 0.15) is 0 Å². The predicted octanol–water partition coefficient (Wildman–Crippen LogP) is 14.1. The van der Waals surface area contributed by atoms with Crippen LogP contribution in [0.4, 0.5) is 0 Å². The first-order valence-electron chi connectivity index (χ1n) is 19.2. The summed E-state index contributed by atoms with van der Waals surface area (Å²) < 4.78 is 6.69. The van der Waals surface area contributed by atoms with Crippen molar-refractivity contribution in [1.29, 1.82) is 0 Å². The Labute approximate surface area is 329 Å². The van der Waals surface area contributed by atoms with Gasteiger partial charge in [0.1, 0.15) is 11.2 Å². The molecule has 0 unspecified atom stereocenters. The number of aromatic nitrogens is 3. The quantitative estimate of drug-likeness (QED) is 0.171. The highest BCUT2D eigenvalue weighted by Gasteiger charge is 2.20. The molecule has 4 heteroatoms. The van der Waals surface area contributed by atoms with E-state index in [1.165, 1.54) is 5.56 Å². The van der Waals surface area contributed by atoms with Crippen LogP contribution in [0.3, 0.4) is 0 Å². The second kappa shape index (κ2) is 13.6. The number of benzene rings is 9. The molecule has 266 valence electrons. The van der Waals surface area contributed by atoms with Crippen LogP contribution in [0.5, 0.6) is 0 Å². The minimum absolute atomic E-state index is 0.627. The lowest BCUT2D eigenvalue weighted by molar-refractivity contribution is 0.673. The molecule has 4 nitrogen and oxygen atoms in total. The molecule has 0 saturated carbocycles. The van der Waals surface area contributed by atoms with Crippen LogP contribution < -0.4 is 0 Å². The minimum atomic E-state index is 0.627. The summed E-state index contributed by atoms with van der Waals surface area (Å²) in [6.07, 6.45) is 0. The number of rotatable bonds is 6. The van der Waals surface area contributed by atoms with E-state index in [1.54, 1.807) is 0 Å². The van der Waals surface area contributed by atoms with E-state index in [9.17, 15) is 0 Å². The SMILES string of the molecule is c1ccc(-c2cccc(-c3nc(-c4ccccc4)nc(-c4ccc(-c5cc6c7ccc(-c8ccccc8)cc7oc6c6ccccc56)c5ccccc45)n3)c2)cc1. The number of hydrogen-bond acceptors (Lipinski definition) is 4. The fourth-order valence-corrected chi connectivity index (χ4v) is 8.17. The molecule has 11 rings (SSSR count). The number of hydrogen-bond donors (Lipinski definition) is 0. The van der Waals surface area contributed by atoms with Gasteiger partial charge in [-0.25, -0.2) is 15.0 Å². The third kappa shape index (κ3) is 5.74. The van der Waals surface area contributed by atoms with Gasteiger partial charge in [-0.3, -0.25) is 0 Å². The molecular weight excluding hydrogens is 695 g/mol. The van der Waals surface area contributed by atoms with Crippen LogP contribution >= 0.6 is 0 Å². The predicted molar refractivity (Wildman–Crippen MR) is 235 cm³/mol. The lowest BCUT2D eigenvalue weighted by atomic mass is 9.90. The Bertz CT molecular complexity index is 3280. The lowest BCUT2D eigenvalue weighted by Gasteiger charge is -2.15. The summed E-state index contributed by atoms with van der Waals surface area (Å²) in [5.74, 6) is 1.89. The van der Waals surface area contributed by atoms with Gasteiger partial charge in [-0.1, -0.05) is 170 Å². The van der Waals surface area contributed by atoms with Gasteiger partial charge in [0.2, 0.25) is 0 Å². The fraction of sp³-hybridized carbons (Fsp3) is 0. The van der Waals surface area contributed by atoms with Gasteiger partial charge in [0.15, 0.2) is 17.5 Å². The Morgan fingerprint density at radius 1 is 0.263 bits per heavy atom. The van der Waals surface area contributed by atoms with E-state index < -0.39 is 0 Å². The van der Waals surface area contributed by atoms with Crippen molar-refractivity contribution in [2.45, 2.75) is 0 Å². The van der Waals surface area contributed by atoms with Crippen LogP contribution in [-0.2, 0) is 0 Å². The van der Waals surface area contributed by atoms with Crippen molar-refractivity contribution in [2.75, 3.05) is 0 Å². The highest BCUT2D eigenvalue weighted by Crippen LogP contribution is 2.44. The molecule has 0 fully saturated rings. The van der Waals surface area contributed by atoms with Crippen LogP contribution in [-0.4, -0.2) is 15.0 Å². The van der Waals surface area contributed by atoms with E-state index in [-0.39, 0.29) is 0 Å². The molecule has 9 aromatic carbocycles. The third-order valence-corrected chi connectivity index (χ3v) is 10.9. The lowest BCUT2D eigenvalue weighted by Crippen LogP contribution is -2.01. The molecule has 0 aliphatic rings. The Kier molecular flexibility index (Phi) is 7.78. The summed E-state index contributed by atoms with van der Waals surface area (Å²) in [5.41, 5.74) is 11.4. The fourth-order valence-electron chi connectivity index (χ4n) is 8.17. The van der Waals surface area contributed by atoms with Gasteiger partial charge in [0.05, 0.1) is 0 Å². The second-order valence-corrected chi connectivity index (χ2v) is 14.4. The van der Waals surface area contributed by atoms with Crippen molar-refractivity contribution in [2.24, 2.45) is 0 Å². The van der Waals surface area contributed by atoms with Crippen molar-refractivity contribution in [3.63, 3.8) is 0 Å². The summed E-state index contributed by atoms with van der Waals surface area (Å²) in [4.78, 5) is 15.4. The first-order valence-corrected chi connectivity index (χ1v) is 19.2. The summed E-state index contributed by atoms with van der Waals surface area (Å²) in [6, 6.07) is 69.8. The molecule has 0 atom stereocenters. The van der Waals surface area contributed by atoms with E-state index in [1.807, 2.05) is 42.5 Å². The highest BCUT2D eigenvalue weighted by molar-refractivity contribution is 6.21.